The lowest BCUT2D eigenvalue weighted by atomic mass is 10.00. The van der Waals surface area contributed by atoms with Gasteiger partial charge in [-0.05, 0) is 43.4 Å². The van der Waals surface area contributed by atoms with Crippen molar-refractivity contribution in [2.24, 2.45) is 5.92 Å². The first-order chi connectivity index (χ1) is 11.3. The van der Waals surface area contributed by atoms with Crippen LogP contribution in [0.2, 0.25) is 18.1 Å². The number of hydrogen-bond donors (Lipinski definition) is 0. The summed E-state index contributed by atoms with van der Waals surface area (Å²) in [6.07, 6.45) is 0.775. The van der Waals surface area contributed by atoms with Gasteiger partial charge in [0.15, 0.2) is 0 Å². The van der Waals surface area contributed by atoms with Gasteiger partial charge in [-0.1, -0.05) is 58.5 Å². The summed E-state index contributed by atoms with van der Waals surface area (Å²) in [5.74, 6) is 3.41. The SMILES string of the molecule is Cc1cc(C)c(C(=O)OCCC(C)C#C[Si](C)(C)C(C)(C)C)c(C)c1. The van der Waals surface area contributed by atoms with E-state index in [9.17, 15) is 4.79 Å². The van der Waals surface area contributed by atoms with E-state index in [-0.39, 0.29) is 16.9 Å². The van der Waals surface area contributed by atoms with Crippen molar-refractivity contribution in [3.05, 3.63) is 34.4 Å². The molecule has 1 rings (SSSR count). The molecule has 25 heavy (non-hydrogen) atoms. The molecule has 0 saturated carbocycles. The number of rotatable bonds is 4. The second-order valence-electron chi connectivity index (χ2n) is 8.74. The summed E-state index contributed by atoms with van der Waals surface area (Å²) in [5.41, 5.74) is 7.37. The van der Waals surface area contributed by atoms with Crippen molar-refractivity contribution in [1.29, 1.82) is 0 Å². The number of aryl methyl sites for hydroxylation is 3. The standard InChI is InChI=1S/C22H34O2Si/c1-16(11-13-25(8,9)22(5,6)7)10-12-24-21(23)20-18(3)14-17(2)15-19(20)4/h14-16H,10,12H2,1-9H3. The van der Waals surface area contributed by atoms with Crippen LogP contribution in [0.15, 0.2) is 12.1 Å². The van der Waals surface area contributed by atoms with Crippen molar-refractivity contribution in [2.45, 2.75) is 73.0 Å². The second kappa shape index (κ2) is 8.23. The predicted octanol–water partition coefficient (Wildman–Crippen LogP) is 5.85. The molecule has 1 unspecified atom stereocenters. The van der Waals surface area contributed by atoms with Gasteiger partial charge in [0.05, 0.1) is 12.2 Å². The quantitative estimate of drug-likeness (QED) is 0.383. The first kappa shape index (κ1) is 21.5. The fourth-order valence-corrected chi connectivity index (χ4v) is 3.45. The van der Waals surface area contributed by atoms with Crippen molar-refractivity contribution in [3.63, 3.8) is 0 Å². The Morgan fingerprint density at radius 3 is 2.16 bits per heavy atom. The summed E-state index contributed by atoms with van der Waals surface area (Å²) in [6, 6.07) is 4.05. The number of esters is 1. The maximum Gasteiger partial charge on any atom is 0.338 e. The zero-order valence-electron chi connectivity index (χ0n) is 17.5. The molecule has 0 amide bonds. The minimum Gasteiger partial charge on any atom is -0.462 e. The minimum atomic E-state index is -1.57. The summed E-state index contributed by atoms with van der Waals surface area (Å²) >= 11 is 0. The third-order valence-electron chi connectivity index (χ3n) is 5.17. The lowest BCUT2D eigenvalue weighted by Crippen LogP contribution is -2.35. The first-order valence-corrected chi connectivity index (χ1v) is 12.1. The third kappa shape index (κ3) is 6.04. The van der Waals surface area contributed by atoms with Crippen molar-refractivity contribution < 1.29 is 9.53 Å². The van der Waals surface area contributed by atoms with Crippen LogP contribution in [-0.2, 0) is 4.74 Å². The van der Waals surface area contributed by atoms with Crippen LogP contribution in [0.4, 0.5) is 0 Å². The predicted molar refractivity (Wildman–Crippen MR) is 110 cm³/mol. The number of hydrogen-bond acceptors (Lipinski definition) is 2. The van der Waals surface area contributed by atoms with Crippen LogP contribution in [0, 0.1) is 38.2 Å². The van der Waals surface area contributed by atoms with E-state index >= 15 is 0 Å². The Hall–Kier alpha value is -1.53. The maximum atomic E-state index is 12.4. The molecule has 0 fully saturated rings. The molecule has 2 nitrogen and oxygen atoms in total. The van der Waals surface area contributed by atoms with Crippen LogP contribution in [0.1, 0.15) is 61.2 Å². The van der Waals surface area contributed by atoms with Gasteiger partial charge >= 0.3 is 5.97 Å². The zero-order valence-corrected chi connectivity index (χ0v) is 18.5. The molecule has 0 heterocycles. The molecule has 0 saturated heterocycles. The smallest absolute Gasteiger partial charge is 0.338 e. The third-order valence-corrected chi connectivity index (χ3v) is 9.69. The maximum absolute atomic E-state index is 12.4. The Morgan fingerprint density at radius 1 is 1.16 bits per heavy atom. The molecule has 138 valence electrons. The Labute approximate surface area is 155 Å². The van der Waals surface area contributed by atoms with Crippen LogP contribution in [0.5, 0.6) is 0 Å². The van der Waals surface area contributed by atoms with Crippen LogP contribution in [-0.4, -0.2) is 20.7 Å². The molecule has 0 aromatic heterocycles. The number of ether oxygens (including phenoxy) is 1. The van der Waals surface area contributed by atoms with Gasteiger partial charge in [-0.25, -0.2) is 4.79 Å². The highest BCUT2D eigenvalue weighted by molar-refractivity contribution is 6.87. The minimum absolute atomic E-state index is 0.223. The number of carbonyl (C=O) groups is 1. The van der Waals surface area contributed by atoms with Gasteiger partial charge < -0.3 is 4.74 Å². The van der Waals surface area contributed by atoms with Crippen LogP contribution < -0.4 is 0 Å². The molecule has 0 bridgehead atoms. The Morgan fingerprint density at radius 2 is 1.68 bits per heavy atom. The van der Waals surface area contributed by atoms with E-state index in [2.05, 4.69) is 52.3 Å². The first-order valence-electron chi connectivity index (χ1n) is 9.13. The van der Waals surface area contributed by atoms with Crippen molar-refractivity contribution in [2.75, 3.05) is 6.61 Å². The molecule has 1 aromatic rings. The highest BCUT2D eigenvalue weighted by atomic mass is 28.3. The van der Waals surface area contributed by atoms with E-state index in [0.717, 1.165) is 17.5 Å². The summed E-state index contributed by atoms with van der Waals surface area (Å²) < 4.78 is 5.50. The van der Waals surface area contributed by atoms with E-state index in [4.69, 9.17) is 4.74 Å². The Kier molecular flexibility index (Phi) is 7.08. The van der Waals surface area contributed by atoms with Gasteiger partial charge in [0.1, 0.15) is 8.07 Å². The van der Waals surface area contributed by atoms with Gasteiger partial charge in [0, 0.05) is 5.92 Å². The lowest BCUT2D eigenvalue weighted by Gasteiger charge is -2.31. The van der Waals surface area contributed by atoms with Crippen molar-refractivity contribution in [3.8, 4) is 11.5 Å². The summed E-state index contributed by atoms with van der Waals surface area (Å²) in [6.45, 7) is 19.9. The van der Waals surface area contributed by atoms with E-state index in [1.807, 2.05) is 32.9 Å². The van der Waals surface area contributed by atoms with Crippen molar-refractivity contribution in [1.82, 2.24) is 0 Å². The highest BCUT2D eigenvalue weighted by Crippen LogP contribution is 2.35. The summed E-state index contributed by atoms with van der Waals surface area (Å²) in [7, 11) is -1.57. The summed E-state index contributed by atoms with van der Waals surface area (Å²) in [4.78, 5) is 12.4. The number of benzene rings is 1. The van der Waals surface area contributed by atoms with Gasteiger partial charge in [0.2, 0.25) is 0 Å². The molecular weight excluding hydrogens is 324 g/mol. The van der Waals surface area contributed by atoms with Crippen LogP contribution >= 0.6 is 0 Å². The fraction of sp³-hybridized carbons (Fsp3) is 0.591. The summed E-state index contributed by atoms with van der Waals surface area (Å²) in [5, 5.41) is 0.271. The van der Waals surface area contributed by atoms with Crippen LogP contribution in [0.25, 0.3) is 0 Å². The molecular formula is C22H34O2Si. The second-order valence-corrected chi connectivity index (χ2v) is 13.7. The van der Waals surface area contributed by atoms with Crippen molar-refractivity contribution >= 4 is 14.0 Å². The van der Waals surface area contributed by atoms with E-state index in [1.165, 1.54) is 5.56 Å². The molecule has 1 atom stereocenters. The van der Waals surface area contributed by atoms with Crippen LogP contribution in [0.3, 0.4) is 0 Å². The van der Waals surface area contributed by atoms with E-state index in [0.29, 0.717) is 12.2 Å². The Bertz CT molecular complexity index is 661. The molecule has 1 aromatic carbocycles. The van der Waals surface area contributed by atoms with Gasteiger partial charge in [-0.15, -0.1) is 11.5 Å². The fourth-order valence-electron chi connectivity index (χ4n) is 2.47. The van der Waals surface area contributed by atoms with Gasteiger partial charge in [0.25, 0.3) is 0 Å². The normalized spacial score (nSPS) is 13.0. The topological polar surface area (TPSA) is 26.3 Å². The molecule has 3 heteroatoms. The molecule has 0 spiro atoms. The Balaban J connectivity index is 2.63. The van der Waals surface area contributed by atoms with E-state index in [1.54, 1.807) is 0 Å². The molecule has 0 aliphatic heterocycles. The lowest BCUT2D eigenvalue weighted by molar-refractivity contribution is 0.0490. The van der Waals surface area contributed by atoms with Gasteiger partial charge in [-0.3, -0.25) is 0 Å². The highest BCUT2D eigenvalue weighted by Gasteiger charge is 2.33. The zero-order chi connectivity index (χ0) is 19.4. The molecule has 0 aliphatic rings. The number of carbonyl (C=O) groups excluding carboxylic acids is 1. The average Bonchev–Trinajstić information content (AvgIpc) is 2.42. The molecule has 0 aliphatic carbocycles. The largest absolute Gasteiger partial charge is 0.462 e. The monoisotopic (exact) mass is 358 g/mol. The molecule has 0 radical (unpaired) electrons. The van der Waals surface area contributed by atoms with Gasteiger partial charge in [-0.2, -0.15) is 0 Å². The van der Waals surface area contributed by atoms with E-state index < -0.39 is 8.07 Å². The average molecular weight is 359 g/mol. The molecule has 0 N–H and O–H groups in total.